The number of benzene rings is 1. The fourth-order valence-corrected chi connectivity index (χ4v) is 3.04. The van der Waals surface area contributed by atoms with Gasteiger partial charge in [-0.25, -0.2) is 8.78 Å². The molecule has 1 aromatic carbocycles. The Hall–Kier alpha value is -1.00. The first-order chi connectivity index (χ1) is 9.95. The summed E-state index contributed by atoms with van der Waals surface area (Å²) in [6.45, 7) is 8.94. The predicted molar refractivity (Wildman–Crippen MR) is 82.1 cm³/mol. The van der Waals surface area contributed by atoms with Crippen LogP contribution in [0.5, 0.6) is 0 Å². The van der Waals surface area contributed by atoms with E-state index >= 15 is 0 Å². The first-order valence-electron chi connectivity index (χ1n) is 7.87. The Kier molecular flexibility index (Phi) is 5.71. The van der Waals surface area contributed by atoms with Crippen molar-refractivity contribution in [2.75, 3.05) is 13.1 Å². The summed E-state index contributed by atoms with van der Waals surface area (Å²) < 4.78 is 27.2. The van der Waals surface area contributed by atoms with Gasteiger partial charge in [0.25, 0.3) is 0 Å². The van der Waals surface area contributed by atoms with Gasteiger partial charge in [0.1, 0.15) is 11.6 Å². The van der Waals surface area contributed by atoms with Gasteiger partial charge in [-0.05, 0) is 50.4 Å². The molecule has 0 bridgehead atoms. The van der Waals surface area contributed by atoms with Crippen LogP contribution in [-0.2, 0) is 6.54 Å². The third-order valence-corrected chi connectivity index (χ3v) is 4.21. The minimum Gasteiger partial charge on any atom is -0.313 e. The van der Waals surface area contributed by atoms with Crippen molar-refractivity contribution in [3.05, 3.63) is 35.4 Å². The Morgan fingerprint density at radius 1 is 1.33 bits per heavy atom. The third kappa shape index (κ3) is 4.75. The maximum absolute atomic E-state index is 13.9. The molecular formula is C17H26F2N2. The molecule has 1 N–H and O–H groups in total. The number of hydrogen-bond donors (Lipinski definition) is 1. The summed E-state index contributed by atoms with van der Waals surface area (Å²) in [5.41, 5.74) is 0.451. The van der Waals surface area contributed by atoms with Crippen LogP contribution in [0.1, 0.15) is 39.2 Å². The van der Waals surface area contributed by atoms with E-state index in [4.69, 9.17) is 0 Å². The van der Waals surface area contributed by atoms with Crippen molar-refractivity contribution in [1.82, 2.24) is 10.2 Å². The molecule has 1 aliphatic rings. The van der Waals surface area contributed by atoms with Crippen LogP contribution in [0.2, 0.25) is 0 Å². The van der Waals surface area contributed by atoms with Crippen molar-refractivity contribution in [1.29, 1.82) is 0 Å². The van der Waals surface area contributed by atoms with Gasteiger partial charge in [-0.2, -0.15) is 0 Å². The van der Waals surface area contributed by atoms with Crippen LogP contribution in [0.15, 0.2) is 18.2 Å². The summed E-state index contributed by atoms with van der Waals surface area (Å²) in [5.74, 6) is -0.0596. The van der Waals surface area contributed by atoms with Gasteiger partial charge in [0, 0.05) is 30.7 Å². The van der Waals surface area contributed by atoms with Gasteiger partial charge in [-0.1, -0.05) is 13.8 Å². The van der Waals surface area contributed by atoms with Crippen molar-refractivity contribution in [2.45, 2.75) is 52.2 Å². The highest BCUT2D eigenvalue weighted by Crippen LogP contribution is 2.19. The summed E-state index contributed by atoms with van der Waals surface area (Å²) in [6, 6.07) is 4.51. The van der Waals surface area contributed by atoms with E-state index in [-0.39, 0.29) is 11.6 Å². The van der Waals surface area contributed by atoms with E-state index in [2.05, 4.69) is 31.0 Å². The predicted octanol–water partition coefficient (Wildman–Crippen LogP) is 3.56. The molecule has 0 amide bonds. The molecule has 0 radical (unpaired) electrons. The molecular weight excluding hydrogens is 270 g/mol. The van der Waals surface area contributed by atoms with Crippen LogP contribution in [-0.4, -0.2) is 30.1 Å². The monoisotopic (exact) mass is 296 g/mol. The molecule has 2 nitrogen and oxygen atoms in total. The van der Waals surface area contributed by atoms with Crippen molar-refractivity contribution in [3.63, 3.8) is 0 Å². The molecule has 118 valence electrons. The Morgan fingerprint density at radius 2 is 2.10 bits per heavy atom. The van der Waals surface area contributed by atoms with Crippen molar-refractivity contribution in [2.24, 2.45) is 5.92 Å². The average Bonchev–Trinajstić information content (AvgIpc) is 2.56. The number of rotatable bonds is 4. The SMILES string of the molecule is CC(C)CC1CN(Cc2cc(F)ccc2F)C(C)CCN1. The number of nitrogens with one attached hydrogen (secondary N) is 1. The lowest BCUT2D eigenvalue weighted by Gasteiger charge is -2.29. The normalized spacial score (nSPS) is 24.3. The summed E-state index contributed by atoms with van der Waals surface area (Å²) in [5, 5.41) is 3.58. The molecule has 0 spiro atoms. The first-order valence-corrected chi connectivity index (χ1v) is 7.87. The van der Waals surface area contributed by atoms with Crippen LogP contribution in [0, 0.1) is 17.6 Å². The Morgan fingerprint density at radius 3 is 2.81 bits per heavy atom. The lowest BCUT2D eigenvalue weighted by Crippen LogP contribution is -2.40. The van der Waals surface area contributed by atoms with E-state index in [0.29, 0.717) is 30.1 Å². The molecule has 2 rings (SSSR count). The van der Waals surface area contributed by atoms with Crippen LogP contribution in [0.3, 0.4) is 0 Å². The highest BCUT2D eigenvalue weighted by Gasteiger charge is 2.24. The van der Waals surface area contributed by atoms with Crippen molar-refractivity contribution >= 4 is 0 Å². The Balaban J connectivity index is 2.09. The van der Waals surface area contributed by atoms with E-state index < -0.39 is 0 Å². The highest BCUT2D eigenvalue weighted by molar-refractivity contribution is 5.18. The van der Waals surface area contributed by atoms with E-state index in [1.807, 2.05) is 0 Å². The minimum atomic E-state index is -0.370. The molecule has 1 fully saturated rings. The zero-order valence-electron chi connectivity index (χ0n) is 13.2. The Bertz CT molecular complexity index is 462. The van der Waals surface area contributed by atoms with E-state index in [1.54, 1.807) is 0 Å². The second-order valence-corrected chi connectivity index (χ2v) is 6.58. The van der Waals surface area contributed by atoms with Crippen molar-refractivity contribution < 1.29 is 8.78 Å². The second kappa shape index (κ2) is 7.32. The van der Waals surface area contributed by atoms with Gasteiger partial charge < -0.3 is 5.32 Å². The second-order valence-electron chi connectivity index (χ2n) is 6.58. The lowest BCUT2D eigenvalue weighted by molar-refractivity contribution is 0.187. The highest BCUT2D eigenvalue weighted by atomic mass is 19.1. The minimum absolute atomic E-state index is 0.318. The van der Waals surface area contributed by atoms with E-state index in [1.165, 1.54) is 18.2 Å². The number of halogens is 2. The summed E-state index contributed by atoms with van der Waals surface area (Å²) in [4.78, 5) is 2.27. The van der Waals surface area contributed by atoms with Gasteiger partial charge in [-0.15, -0.1) is 0 Å². The van der Waals surface area contributed by atoms with Crippen molar-refractivity contribution in [3.8, 4) is 0 Å². The molecule has 1 saturated heterocycles. The fourth-order valence-electron chi connectivity index (χ4n) is 3.04. The van der Waals surface area contributed by atoms with Gasteiger partial charge in [0.2, 0.25) is 0 Å². The molecule has 0 aromatic heterocycles. The third-order valence-electron chi connectivity index (χ3n) is 4.21. The molecule has 21 heavy (non-hydrogen) atoms. The van der Waals surface area contributed by atoms with E-state index in [0.717, 1.165) is 25.9 Å². The maximum atomic E-state index is 13.9. The van der Waals surface area contributed by atoms with Gasteiger partial charge in [-0.3, -0.25) is 4.90 Å². The fraction of sp³-hybridized carbons (Fsp3) is 0.647. The van der Waals surface area contributed by atoms with E-state index in [9.17, 15) is 8.78 Å². The number of nitrogens with zero attached hydrogens (tertiary/aromatic N) is 1. The molecule has 1 aromatic rings. The quantitative estimate of drug-likeness (QED) is 0.914. The lowest BCUT2D eigenvalue weighted by atomic mass is 10.0. The average molecular weight is 296 g/mol. The van der Waals surface area contributed by atoms with Gasteiger partial charge in [0.15, 0.2) is 0 Å². The topological polar surface area (TPSA) is 15.3 Å². The Labute approximate surface area is 126 Å². The van der Waals surface area contributed by atoms with Crippen LogP contribution < -0.4 is 5.32 Å². The van der Waals surface area contributed by atoms with Gasteiger partial charge >= 0.3 is 0 Å². The first kappa shape index (κ1) is 16.4. The molecule has 2 atom stereocenters. The molecule has 0 saturated carbocycles. The molecule has 1 heterocycles. The molecule has 4 heteroatoms. The van der Waals surface area contributed by atoms with Crippen LogP contribution in [0.25, 0.3) is 0 Å². The number of hydrogen-bond acceptors (Lipinski definition) is 2. The van der Waals surface area contributed by atoms with Crippen LogP contribution >= 0.6 is 0 Å². The smallest absolute Gasteiger partial charge is 0.127 e. The summed E-state index contributed by atoms with van der Waals surface area (Å²) >= 11 is 0. The largest absolute Gasteiger partial charge is 0.313 e. The molecule has 1 aliphatic heterocycles. The standard InChI is InChI=1S/C17H26F2N2/c1-12(2)8-16-11-21(13(3)6-7-20-16)10-14-9-15(18)4-5-17(14)19/h4-5,9,12-13,16,20H,6-8,10-11H2,1-3H3. The van der Waals surface area contributed by atoms with Crippen LogP contribution in [0.4, 0.5) is 8.78 Å². The zero-order chi connectivity index (χ0) is 15.4. The molecule has 2 unspecified atom stereocenters. The zero-order valence-corrected chi connectivity index (χ0v) is 13.2. The van der Waals surface area contributed by atoms with Gasteiger partial charge in [0.05, 0.1) is 0 Å². The summed E-state index contributed by atoms with van der Waals surface area (Å²) in [7, 11) is 0. The maximum Gasteiger partial charge on any atom is 0.127 e. The summed E-state index contributed by atoms with van der Waals surface area (Å²) in [6.07, 6.45) is 2.14. The molecule has 0 aliphatic carbocycles.